The van der Waals surface area contributed by atoms with Crippen LogP contribution in [0.5, 0.6) is 0 Å². The molecule has 2 heterocycles. The molecule has 2 rings (SSSR count). The third kappa shape index (κ3) is 4.07. The molecule has 1 aliphatic heterocycles. The second-order valence-corrected chi connectivity index (χ2v) is 5.86. The first-order chi connectivity index (χ1) is 9.97. The van der Waals surface area contributed by atoms with Crippen LogP contribution in [-0.4, -0.2) is 41.0 Å². The molecule has 0 spiro atoms. The summed E-state index contributed by atoms with van der Waals surface area (Å²) in [5, 5.41) is 6.00. The summed E-state index contributed by atoms with van der Waals surface area (Å²) in [6.07, 6.45) is 2.10. The van der Waals surface area contributed by atoms with Gasteiger partial charge in [-0.3, -0.25) is 10.1 Å². The van der Waals surface area contributed by atoms with Crippen molar-refractivity contribution in [3.05, 3.63) is 23.4 Å². The zero-order valence-electron chi connectivity index (χ0n) is 12.1. The highest BCUT2D eigenvalue weighted by molar-refractivity contribution is 6.30. The Morgan fingerprint density at radius 3 is 2.95 bits per heavy atom. The van der Waals surface area contributed by atoms with Gasteiger partial charge in [-0.1, -0.05) is 25.4 Å². The van der Waals surface area contributed by atoms with Crippen LogP contribution in [0, 0.1) is 5.92 Å². The Morgan fingerprint density at radius 2 is 2.33 bits per heavy atom. The number of rotatable bonds is 3. The van der Waals surface area contributed by atoms with E-state index < -0.39 is 6.04 Å². The van der Waals surface area contributed by atoms with E-state index in [2.05, 4.69) is 15.6 Å². The van der Waals surface area contributed by atoms with Crippen molar-refractivity contribution in [3.8, 4) is 0 Å². The van der Waals surface area contributed by atoms with E-state index in [0.717, 1.165) is 0 Å². The predicted molar refractivity (Wildman–Crippen MR) is 81.2 cm³/mol. The number of hydrogen-bond acceptors (Lipinski definition) is 3. The Morgan fingerprint density at radius 1 is 1.57 bits per heavy atom. The fourth-order valence-electron chi connectivity index (χ4n) is 2.27. The van der Waals surface area contributed by atoms with Gasteiger partial charge in [-0.15, -0.1) is 0 Å². The van der Waals surface area contributed by atoms with Gasteiger partial charge in [0.2, 0.25) is 5.91 Å². The minimum absolute atomic E-state index is 0.103. The Hall–Kier alpha value is -1.82. The van der Waals surface area contributed by atoms with Gasteiger partial charge < -0.3 is 10.2 Å². The van der Waals surface area contributed by atoms with Crippen LogP contribution < -0.4 is 10.6 Å². The normalized spacial score (nSPS) is 18.6. The molecule has 0 aliphatic carbocycles. The van der Waals surface area contributed by atoms with Gasteiger partial charge in [-0.2, -0.15) is 0 Å². The average Bonchev–Trinajstić information content (AvgIpc) is 2.43. The van der Waals surface area contributed by atoms with Crippen molar-refractivity contribution in [1.82, 2.24) is 15.2 Å². The zero-order valence-corrected chi connectivity index (χ0v) is 12.9. The van der Waals surface area contributed by atoms with Crippen LogP contribution in [0.2, 0.25) is 5.02 Å². The van der Waals surface area contributed by atoms with Gasteiger partial charge in [0.05, 0.1) is 5.02 Å². The molecular formula is C14H19ClN4O2. The van der Waals surface area contributed by atoms with Crippen molar-refractivity contribution < 1.29 is 9.59 Å². The van der Waals surface area contributed by atoms with E-state index in [1.807, 2.05) is 13.8 Å². The number of urea groups is 1. The fraction of sp³-hybridized carbons (Fsp3) is 0.500. The lowest BCUT2D eigenvalue weighted by atomic mass is 10.0. The number of aromatic nitrogens is 1. The summed E-state index contributed by atoms with van der Waals surface area (Å²) >= 11 is 5.76. The molecule has 2 N–H and O–H groups in total. The fourth-order valence-corrected chi connectivity index (χ4v) is 2.38. The van der Waals surface area contributed by atoms with E-state index in [4.69, 9.17) is 11.6 Å². The molecule has 1 atom stereocenters. The first-order valence-corrected chi connectivity index (χ1v) is 7.32. The van der Waals surface area contributed by atoms with E-state index in [1.54, 1.807) is 17.0 Å². The van der Waals surface area contributed by atoms with Gasteiger partial charge in [0.15, 0.2) is 0 Å². The Bertz CT molecular complexity index is 518. The highest BCUT2D eigenvalue weighted by Gasteiger charge is 2.33. The molecule has 21 heavy (non-hydrogen) atoms. The molecule has 3 amide bonds. The second-order valence-electron chi connectivity index (χ2n) is 5.42. The lowest BCUT2D eigenvalue weighted by molar-refractivity contribution is -0.128. The van der Waals surface area contributed by atoms with Crippen molar-refractivity contribution in [3.63, 3.8) is 0 Å². The van der Waals surface area contributed by atoms with E-state index in [-0.39, 0.29) is 11.9 Å². The third-order valence-corrected chi connectivity index (χ3v) is 3.47. The van der Waals surface area contributed by atoms with Crippen LogP contribution in [0.15, 0.2) is 18.3 Å². The molecule has 0 saturated carbocycles. The molecule has 1 fully saturated rings. The SMILES string of the molecule is CC(C)C[C@@H]1C(=O)NCCN1C(=O)Nc1ccc(Cl)cn1. The van der Waals surface area contributed by atoms with Crippen molar-refractivity contribution in [2.24, 2.45) is 5.92 Å². The molecule has 7 heteroatoms. The molecule has 0 bridgehead atoms. The van der Waals surface area contributed by atoms with Crippen molar-refractivity contribution in [2.75, 3.05) is 18.4 Å². The summed E-state index contributed by atoms with van der Waals surface area (Å²) in [4.78, 5) is 29.9. The number of carbonyl (C=O) groups is 2. The van der Waals surface area contributed by atoms with Crippen molar-refractivity contribution in [2.45, 2.75) is 26.3 Å². The maximum atomic E-state index is 12.4. The zero-order chi connectivity index (χ0) is 15.4. The number of halogens is 1. The van der Waals surface area contributed by atoms with Gasteiger partial charge >= 0.3 is 6.03 Å². The third-order valence-electron chi connectivity index (χ3n) is 3.25. The molecule has 0 radical (unpaired) electrons. The molecule has 1 aromatic rings. The maximum Gasteiger partial charge on any atom is 0.323 e. The number of amides is 3. The van der Waals surface area contributed by atoms with Crippen LogP contribution in [0.3, 0.4) is 0 Å². The number of anilines is 1. The molecule has 114 valence electrons. The highest BCUT2D eigenvalue weighted by Crippen LogP contribution is 2.16. The summed E-state index contributed by atoms with van der Waals surface area (Å²) in [6, 6.07) is 2.52. The van der Waals surface area contributed by atoms with E-state index in [0.29, 0.717) is 36.3 Å². The number of carbonyl (C=O) groups excluding carboxylic acids is 2. The lowest BCUT2D eigenvalue weighted by Crippen LogP contribution is -2.58. The molecule has 1 aromatic heterocycles. The summed E-state index contributed by atoms with van der Waals surface area (Å²) in [6.45, 7) is 5.01. The monoisotopic (exact) mass is 310 g/mol. The van der Waals surface area contributed by atoms with Gasteiger partial charge in [-0.25, -0.2) is 9.78 Å². The minimum atomic E-state index is -0.439. The topological polar surface area (TPSA) is 74.3 Å². The smallest absolute Gasteiger partial charge is 0.323 e. The van der Waals surface area contributed by atoms with Crippen molar-refractivity contribution in [1.29, 1.82) is 0 Å². The molecule has 0 aromatic carbocycles. The lowest BCUT2D eigenvalue weighted by Gasteiger charge is -2.35. The molecule has 1 saturated heterocycles. The number of pyridine rings is 1. The predicted octanol–water partition coefficient (Wildman–Crippen LogP) is 2.11. The van der Waals surface area contributed by atoms with Crippen LogP contribution in [0.25, 0.3) is 0 Å². The van der Waals surface area contributed by atoms with Gasteiger partial charge in [0, 0.05) is 19.3 Å². The van der Waals surface area contributed by atoms with Gasteiger partial charge in [0.25, 0.3) is 0 Å². The molecule has 1 aliphatic rings. The maximum absolute atomic E-state index is 12.4. The number of nitrogens with zero attached hydrogens (tertiary/aromatic N) is 2. The summed E-state index contributed by atoms with van der Waals surface area (Å²) < 4.78 is 0. The van der Waals surface area contributed by atoms with E-state index in [1.165, 1.54) is 6.20 Å². The number of nitrogens with one attached hydrogen (secondary N) is 2. The molecule has 0 unspecified atom stereocenters. The standard InChI is InChI=1S/C14H19ClN4O2/c1-9(2)7-11-13(20)16-5-6-19(11)14(21)18-12-4-3-10(15)8-17-12/h3-4,8-9,11H,5-7H2,1-2H3,(H,16,20)(H,17,18,21)/t11-/m1/s1. The number of piperazine rings is 1. The largest absolute Gasteiger partial charge is 0.353 e. The number of hydrogen-bond donors (Lipinski definition) is 2. The summed E-state index contributed by atoms with van der Waals surface area (Å²) in [7, 11) is 0. The quantitative estimate of drug-likeness (QED) is 0.898. The van der Waals surface area contributed by atoms with Crippen LogP contribution in [0.4, 0.5) is 10.6 Å². The Labute approximate surface area is 128 Å². The summed E-state index contributed by atoms with van der Waals surface area (Å²) in [5.41, 5.74) is 0. The van der Waals surface area contributed by atoms with Crippen LogP contribution in [-0.2, 0) is 4.79 Å². The van der Waals surface area contributed by atoms with E-state index in [9.17, 15) is 9.59 Å². The first-order valence-electron chi connectivity index (χ1n) is 6.94. The highest BCUT2D eigenvalue weighted by atomic mass is 35.5. The van der Waals surface area contributed by atoms with Crippen LogP contribution >= 0.6 is 11.6 Å². The Kier molecular flexibility index (Phi) is 5.01. The molecule has 6 nitrogen and oxygen atoms in total. The average molecular weight is 311 g/mol. The van der Waals surface area contributed by atoms with Crippen molar-refractivity contribution >= 4 is 29.4 Å². The first kappa shape index (κ1) is 15.6. The minimum Gasteiger partial charge on any atom is -0.353 e. The van der Waals surface area contributed by atoms with Gasteiger partial charge in [0.1, 0.15) is 11.9 Å². The molecular weight excluding hydrogens is 292 g/mol. The summed E-state index contributed by atoms with van der Waals surface area (Å²) in [5.74, 6) is 0.635. The van der Waals surface area contributed by atoms with Crippen LogP contribution in [0.1, 0.15) is 20.3 Å². The Balaban J connectivity index is 2.07. The van der Waals surface area contributed by atoms with E-state index >= 15 is 0 Å². The van der Waals surface area contributed by atoms with Gasteiger partial charge in [-0.05, 0) is 24.5 Å². The second kappa shape index (κ2) is 6.76.